The number of hydrogen-bond acceptors (Lipinski definition) is 3. The van der Waals surface area contributed by atoms with Gasteiger partial charge >= 0.3 is 0 Å². The van der Waals surface area contributed by atoms with Crippen LogP contribution >= 0.6 is 34.8 Å². The number of amides is 1. The van der Waals surface area contributed by atoms with E-state index in [-0.39, 0.29) is 17.9 Å². The number of carbonyl (C=O) groups excluding carboxylic acids is 1. The van der Waals surface area contributed by atoms with E-state index in [1.807, 2.05) is 19.9 Å². The first-order chi connectivity index (χ1) is 12.8. The fourth-order valence-electron chi connectivity index (χ4n) is 2.89. The summed E-state index contributed by atoms with van der Waals surface area (Å²) >= 11 is 18.0. The lowest BCUT2D eigenvalue weighted by Gasteiger charge is -2.25. The molecule has 2 aromatic carbocycles. The predicted molar refractivity (Wildman–Crippen MR) is 108 cm³/mol. The molecule has 0 aliphatic carbocycles. The summed E-state index contributed by atoms with van der Waals surface area (Å²) in [6.45, 7) is 4.49. The van der Waals surface area contributed by atoms with Gasteiger partial charge in [0.05, 0.1) is 16.6 Å². The van der Waals surface area contributed by atoms with Gasteiger partial charge in [0.25, 0.3) is 0 Å². The van der Waals surface area contributed by atoms with Crippen LogP contribution < -0.4 is 4.74 Å². The van der Waals surface area contributed by atoms with Gasteiger partial charge in [-0.15, -0.1) is 0 Å². The molecule has 1 amide bonds. The largest absolute Gasteiger partial charge is 0.491 e. The van der Waals surface area contributed by atoms with Crippen molar-refractivity contribution in [1.29, 1.82) is 0 Å². The summed E-state index contributed by atoms with van der Waals surface area (Å²) in [7, 11) is 0. The van der Waals surface area contributed by atoms with Crippen LogP contribution in [0.25, 0.3) is 0 Å². The maximum absolute atomic E-state index is 12.7. The summed E-state index contributed by atoms with van der Waals surface area (Å²) in [6, 6.07) is 12.4. The van der Waals surface area contributed by atoms with Crippen molar-refractivity contribution in [2.75, 3.05) is 13.2 Å². The number of ether oxygens (including phenoxy) is 2. The standard InChI is InChI=1S/C20H20Cl3NO3/c1-12(2)19(25)24-10-16(11-26-15-6-4-14(21)5-7-15)27-20(24)13-3-8-17(22)18(23)9-13/h3-9,12,16,20H,10-11H2,1-2H3/t16-,20-/m1/s1. The summed E-state index contributed by atoms with van der Waals surface area (Å²) in [5.74, 6) is 0.567. The number of carbonyl (C=O) groups is 1. The van der Waals surface area contributed by atoms with Crippen molar-refractivity contribution in [3.63, 3.8) is 0 Å². The minimum absolute atomic E-state index is 0.0139. The lowest BCUT2D eigenvalue weighted by atomic mass is 10.1. The van der Waals surface area contributed by atoms with Crippen molar-refractivity contribution >= 4 is 40.7 Å². The number of rotatable bonds is 5. The first-order valence-electron chi connectivity index (χ1n) is 8.64. The maximum atomic E-state index is 12.7. The first kappa shape index (κ1) is 20.3. The molecule has 3 rings (SSSR count). The number of benzene rings is 2. The van der Waals surface area contributed by atoms with E-state index in [2.05, 4.69) is 0 Å². The molecule has 7 heteroatoms. The number of hydrogen-bond donors (Lipinski definition) is 0. The van der Waals surface area contributed by atoms with Gasteiger partial charge in [-0.25, -0.2) is 0 Å². The Balaban J connectivity index is 1.75. The van der Waals surface area contributed by atoms with Crippen molar-refractivity contribution in [3.05, 3.63) is 63.1 Å². The van der Waals surface area contributed by atoms with E-state index < -0.39 is 6.23 Å². The third-order valence-electron chi connectivity index (χ3n) is 4.26. The van der Waals surface area contributed by atoms with Crippen LogP contribution in [0, 0.1) is 5.92 Å². The smallest absolute Gasteiger partial charge is 0.227 e. The summed E-state index contributed by atoms with van der Waals surface area (Å²) < 4.78 is 11.9. The van der Waals surface area contributed by atoms with Crippen LogP contribution in [0.5, 0.6) is 5.75 Å². The summed E-state index contributed by atoms with van der Waals surface area (Å²) in [6.07, 6.45) is -0.781. The van der Waals surface area contributed by atoms with Gasteiger partial charge in [-0.3, -0.25) is 4.79 Å². The lowest BCUT2D eigenvalue weighted by molar-refractivity contribution is -0.140. The van der Waals surface area contributed by atoms with Crippen LogP contribution in [0.3, 0.4) is 0 Å². The Morgan fingerprint density at radius 2 is 1.85 bits per heavy atom. The topological polar surface area (TPSA) is 38.8 Å². The fourth-order valence-corrected chi connectivity index (χ4v) is 3.32. The van der Waals surface area contributed by atoms with Gasteiger partial charge in [-0.1, -0.05) is 54.7 Å². The Bertz CT molecular complexity index is 811. The zero-order valence-electron chi connectivity index (χ0n) is 15.0. The SMILES string of the molecule is CC(C)C(=O)N1C[C@H](COc2ccc(Cl)cc2)O[C@@H]1c1ccc(Cl)c(Cl)c1. The third-order valence-corrected chi connectivity index (χ3v) is 5.25. The molecule has 4 nitrogen and oxygen atoms in total. The monoisotopic (exact) mass is 427 g/mol. The van der Waals surface area contributed by atoms with Crippen LogP contribution in [0.1, 0.15) is 25.6 Å². The predicted octanol–water partition coefficient (Wildman–Crippen LogP) is 5.61. The highest BCUT2D eigenvalue weighted by atomic mass is 35.5. The molecule has 1 saturated heterocycles. The van der Waals surface area contributed by atoms with Crippen LogP contribution in [0.2, 0.25) is 15.1 Å². The Kier molecular flexibility index (Phi) is 6.53. The number of nitrogens with zero attached hydrogens (tertiary/aromatic N) is 1. The van der Waals surface area contributed by atoms with Crippen LogP contribution in [0.15, 0.2) is 42.5 Å². The highest BCUT2D eigenvalue weighted by molar-refractivity contribution is 6.42. The molecule has 0 N–H and O–H groups in total. The summed E-state index contributed by atoms with van der Waals surface area (Å²) in [5, 5.41) is 1.53. The molecular weight excluding hydrogens is 409 g/mol. The van der Waals surface area contributed by atoms with E-state index in [0.29, 0.717) is 34.0 Å². The van der Waals surface area contributed by atoms with E-state index in [1.54, 1.807) is 41.3 Å². The van der Waals surface area contributed by atoms with E-state index in [0.717, 1.165) is 5.56 Å². The van der Waals surface area contributed by atoms with E-state index in [4.69, 9.17) is 44.3 Å². The van der Waals surface area contributed by atoms with E-state index >= 15 is 0 Å². The maximum Gasteiger partial charge on any atom is 0.227 e. The molecule has 0 saturated carbocycles. The van der Waals surface area contributed by atoms with Crippen LogP contribution in [0.4, 0.5) is 0 Å². The molecule has 0 radical (unpaired) electrons. The Morgan fingerprint density at radius 1 is 1.15 bits per heavy atom. The second-order valence-electron chi connectivity index (χ2n) is 6.69. The zero-order valence-corrected chi connectivity index (χ0v) is 17.3. The molecule has 27 heavy (non-hydrogen) atoms. The van der Waals surface area contributed by atoms with Crippen molar-refractivity contribution in [3.8, 4) is 5.75 Å². The van der Waals surface area contributed by atoms with Gasteiger partial charge < -0.3 is 14.4 Å². The molecule has 1 heterocycles. The summed E-state index contributed by atoms with van der Waals surface area (Å²) in [4.78, 5) is 14.4. The summed E-state index contributed by atoms with van der Waals surface area (Å²) in [5.41, 5.74) is 0.785. The second kappa shape index (κ2) is 8.70. The average molecular weight is 429 g/mol. The molecule has 2 atom stereocenters. The van der Waals surface area contributed by atoms with Crippen LogP contribution in [-0.4, -0.2) is 30.1 Å². The molecule has 0 unspecified atom stereocenters. The normalized spacial score (nSPS) is 19.6. The highest BCUT2D eigenvalue weighted by Gasteiger charge is 2.38. The van der Waals surface area contributed by atoms with Crippen molar-refractivity contribution in [2.24, 2.45) is 5.92 Å². The van der Waals surface area contributed by atoms with Gasteiger partial charge in [0.15, 0.2) is 6.23 Å². The van der Waals surface area contributed by atoms with Gasteiger partial charge in [-0.05, 0) is 36.4 Å². The third kappa shape index (κ3) is 4.88. The lowest BCUT2D eigenvalue weighted by Crippen LogP contribution is -2.35. The van der Waals surface area contributed by atoms with Gasteiger partial charge in [0.2, 0.25) is 5.91 Å². The van der Waals surface area contributed by atoms with E-state index in [1.165, 1.54) is 0 Å². The fraction of sp³-hybridized carbons (Fsp3) is 0.350. The Morgan fingerprint density at radius 3 is 2.48 bits per heavy atom. The van der Waals surface area contributed by atoms with Gasteiger partial charge in [0, 0.05) is 16.5 Å². The first-order valence-corrected chi connectivity index (χ1v) is 9.78. The van der Waals surface area contributed by atoms with Crippen molar-refractivity contribution < 1.29 is 14.3 Å². The minimum atomic E-state index is -0.520. The Labute approximate surface area is 173 Å². The van der Waals surface area contributed by atoms with Crippen molar-refractivity contribution in [1.82, 2.24) is 4.90 Å². The highest BCUT2D eigenvalue weighted by Crippen LogP contribution is 2.35. The minimum Gasteiger partial charge on any atom is -0.491 e. The molecule has 0 bridgehead atoms. The van der Waals surface area contributed by atoms with E-state index in [9.17, 15) is 4.79 Å². The second-order valence-corrected chi connectivity index (χ2v) is 7.95. The molecule has 0 spiro atoms. The Hall–Kier alpha value is -1.46. The van der Waals surface area contributed by atoms with Crippen molar-refractivity contribution in [2.45, 2.75) is 26.2 Å². The molecule has 144 valence electrons. The van der Waals surface area contributed by atoms with Crippen LogP contribution in [-0.2, 0) is 9.53 Å². The quantitative estimate of drug-likeness (QED) is 0.621. The zero-order chi connectivity index (χ0) is 19.6. The number of halogens is 3. The van der Waals surface area contributed by atoms with Gasteiger partial charge in [0.1, 0.15) is 18.5 Å². The molecular formula is C20H20Cl3NO3. The molecule has 0 aromatic heterocycles. The molecule has 1 aliphatic rings. The average Bonchev–Trinajstić information content (AvgIpc) is 3.07. The molecule has 1 aliphatic heterocycles. The molecule has 2 aromatic rings. The molecule has 1 fully saturated rings. The van der Waals surface area contributed by atoms with Gasteiger partial charge in [-0.2, -0.15) is 0 Å².